The molecule has 4 aromatic rings. The second-order valence-corrected chi connectivity index (χ2v) is 13.2. The molecule has 0 saturated carbocycles. The molecule has 5 rings (SSSR count). The van der Waals surface area contributed by atoms with Crippen molar-refractivity contribution >= 4 is 28.7 Å². The molecule has 3 amide bonds. The summed E-state index contributed by atoms with van der Waals surface area (Å²) in [7, 11) is 0. The quantitative estimate of drug-likeness (QED) is 0.170. The smallest absolute Gasteiger partial charge is 0.407 e. The van der Waals surface area contributed by atoms with Gasteiger partial charge in [-0.25, -0.2) is 4.79 Å². The molecule has 0 aromatic heterocycles. The summed E-state index contributed by atoms with van der Waals surface area (Å²) in [5, 5.41) is 11.3. The number of fused-ring (bicyclic) bond motifs is 1. The molecule has 1 unspecified atom stereocenters. The molecule has 8 nitrogen and oxygen atoms in total. The Labute approximate surface area is 277 Å². The Hall–Kier alpha value is -4.69. The molecule has 1 heterocycles. The molecule has 0 spiro atoms. The van der Waals surface area contributed by atoms with Crippen LogP contribution in [-0.4, -0.2) is 60.6 Å². The normalized spacial score (nSPS) is 14.3. The van der Waals surface area contributed by atoms with Crippen LogP contribution in [0, 0.1) is 0 Å². The lowest BCUT2D eigenvalue weighted by molar-refractivity contribution is -0.136. The van der Waals surface area contributed by atoms with Crippen LogP contribution >= 0.6 is 0 Å². The van der Waals surface area contributed by atoms with Crippen LogP contribution < -0.4 is 16.0 Å². The summed E-state index contributed by atoms with van der Waals surface area (Å²) in [6.07, 6.45) is 1.62. The minimum absolute atomic E-state index is 0.116. The molecule has 4 aromatic carbocycles. The molecule has 1 aliphatic rings. The van der Waals surface area contributed by atoms with Crippen molar-refractivity contribution in [1.29, 1.82) is 0 Å². The number of ether oxygens (including phenoxy) is 1. The number of amides is 3. The van der Waals surface area contributed by atoms with Gasteiger partial charge in [-0.15, -0.1) is 0 Å². The van der Waals surface area contributed by atoms with E-state index in [-0.39, 0.29) is 37.0 Å². The van der Waals surface area contributed by atoms with E-state index in [4.69, 9.17) is 4.74 Å². The van der Waals surface area contributed by atoms with E-state index in [1.165, 1.54) is 0 Å². The van der Waals surface area contributed by atoms with E-state index in [0.717, 1.165) is 59.0 Å². The molecular weight excluding hydrogens is 588 g/mol. The standard InChI is InChI=1S/C39H46N4O4/c1-27(43(33-18-20-40-21-19-33)36(44)25-28-16-17-29-10-5-6-11-31(29)24-28)30-12-9-13-32(26-30)34-14-7-8-15-35(34)37(45)41-22-23-42-38(46)47-39(2,3)4/h5-17,24,26-27,33,40H,18-23,25H2,1-4H3,(H,41,45)(H,42,46). The number of carbonyl (C=O) groups is 3. The highest BCUT2D eigenvalue weighted by Gasteiger charge is 2.30. The lowest BCUT2D eigenvalue weighted by atomic mass is 9.93. The lowest BCUT2D eigenvalue weighted by Gasteiger charge is -2.39. The fourth-order valence-corrected chi connectivity index (χ4v) is 6.24. The zero-order chi connectivity index (χ0) is 33.4. The first kappa shape index (κ1) is 33.7. The maximum atomic E-state index is 14.1. The fourth-order valence-electron chi connectivity index (χ4n) is 6.24. The van der Waals surface area contributed by atoms with Crippen molar-refractivity contribution in [2.45, 2.75) is 64.6 Å². The molecule has 8 heteroatoms. The van der Waals surface area contributed by atoms with Crippen LogP contribution in [0.4, 0.5) is 4.79 Å². The van der Waals surface area contributed by atoms with Crippen molar-refractivity contribution in [3.05, 3.63) is 108 Å². The van der Waals surface area contributed by atoms with Crippen LogP contribution in [0.1, 0.15) is 68.1 Å². The Morgan fingerprint density at radius 1 is 0.851 bits per heavy atom. The summed E-state index contributed by atoms with van der Waals surface area (Å²) in [6.45, 7) is 9.78. The topological polar surface area (TPSA) is 99.8 Å². The van der Waals surface area contributed by atoms with E-state index < -0.39 is 11.7 Å². The third kappa shape index (κ3) is 8.98. The van der Waals surface area contributed by atoms with Gasteiger partial charge in [0.05, 0.1) is 12.5 Å². The number of hydrogen-bond donors (Lipinski definition) is 3. The van der Waals surface area contributed by atoms with Crippen molar-refractivity contribution in [3.63, 3.8) is 0 Å². The molecular formula is C39H46N4O4. The number of rotatable bonds is 10. The van der Waals surface area contributed by atoms with Gasteiger partial charge in [-0.05, 0) is 98.8 Å². The van der Waals surface area contributed by atoms with Gasteiger partial charge < -0.3 is 25.6 Å². The third-order valence-corrected chi connectivity index (χ3v) is 8.51. The number of nitrogens with one attached hydrogen (secondary N) is 3. The van der Waals surface area contributed by atoms with Gasteiger partial charge in [0.1, 0.15) is 5.60 Å². The van der Waals surface area contributed by atoms with E-state index in [1.807, 2.05) is 42.5 Å². The monoisotopic (exact) mass is 634 g/mol. The number of alkyl carbamates (subject to hydrolysis) is 1. The Kier molecular flexibility index (Phi) is 10.9. The second kappa shape index (κ2) is 15.3. The molecule has 1 atom stereocenters. The first-order valence-corrected chi connectivity index (χ1v) is 16.5. The average molecular weight is 635 g/mol. The van der Waals surface area contributed by atoms with Crippen molar-refractivity contribution in [2.24, 2.45) is 0 Å². The van der Waals surface area contributed by atoms with Crippen molar-refractivity contribution in [3.8, 4) is 11.1 Å². The predicted octanol–water partition coefficient (Wildman–Crippen LogP) is 6.65. The Morgan fingerprint density at radius 2 is 1.55 bits per heavy atom. The van der Waals surface area contributed by atoms with Crippen LogP contribution in [0.3, 0.4) is 0 Å². The maximum Gasteiger partial charge on any atom is 0.407 e. The van der Waals surface area contributed by atoms with Gasteiger partial charge in [-0.1, -0.05) is 78.9 Å². The van der Waals surface area contributed by atoms with Crippen LogP contribution in [0.5, 0.6) is 0 Å². The van der Waals surface area contributed by atoms with E-state index in [1.54, 1.807) is 26.8 Å². The van der Waals surface area contributed by atoms with Crippen LogP contribution in [0.15, 0.2) is 91.0 Å². The SMILES string of the molecule is CC(c1cccc(-c2ccccc2C(=O)NCCNC(=O)OC(C)(C)C)c1)N(C(=O)Cc1ccc2ccccc2c1)C1CCNCC1. The van der Waals surface area contributed by atoms with Crippen LogP contribution in [0.2, 0.25) is 0 Å². The van der Waals surface area contributed by atoms with Crippen LogP contribution in [0.25, 0.3) is 21.9 Å². The van der Waals surface area contributed by atoms with Crippen molar-refractivity contribution in [1.82, 2.24) is 20.9 Å². The summed E-state index contributed by atoms with van der Waals surface area (Å²) in [4.78, 5) is 41.4. The number of nitrogens with zero attached hydrogens (tertiary/aromatic N) is 1. The second-order valence-electron chi connectivity index (χ2n) is 13.2. The molecule has 0 radical (unpaired) electrons. The minimum atomic E-state index is -0.590. The Bertz CT molecular complexity index is 1710. The molecule has 3 N–H and O–H groups in total. The average Bonchev–Trinajstić information content (AvgIpc) is 3.06. The molecule has 0 aliphatic carbocycles. The van der Waals surface area contributed by atoms with Gasteiger partial charge in [0.2, 0.25) is 5.91 Å². The van der Waals surface area contributed by atoms with E-state index >= 15 is 0 Å². The summed E-state index contributed by atoms with van der Waals surface area (Å²) >= 11 is 0. The van der Waals surface area contributed by atoms with Crippen LogP contribution in [-0.2, 0) is 16.0 Å². The van der Waals surface area contributed by atoms with E-state index in [0.29, 0.717) is 12.0 Å². The highest BCUT2D eigenvalue weighted by atomic mass is 16.6. The van der Waals surface area contributed by atoms with Gasteiger partial charge in [-0.3, -0.25) is 9.59 Å². The summed E-state index contributed by atoms with van der Waals surface area (Å²) < 4.78 is 5.26. The summed E-state index contributed by atoms with van der Waals surface area (Å²) in [5.74, 6) is -0.114. The van der Waals surface area contributed by atoms with Gasteiger partial charge >= 0.3 is 6.09 Å². The van der Waals surface area contributed by atoms with Gasteiger partial charge in [0.25, 0.3) is 5.91 Å². The zero-order valence-corrected chi connectivity index (χ0v) is 27.8. The van der Waals surface area contributed by atoms with E-state index in [9.17, 15) is 14.4 Å². The maximum absolute atomic E-state index is 14.1. The number of carbonyl (C=O) groups excluding carboxylic acids is 3. The number of benzene rings is 4. The molecule has 1 fully saturated rings. The predicted molar refractivity (Wildman–Crippen MR) is 187 cm³/mol. The van der Waals surface area contributed by atoms with Gasteiger partial charge in [-0.2, -0.15) is 0 Å². The number of piperidine rings is 1. The molecule has 1 saturated heterocycles. The lowest BCUT2D eigenvalue weighted by Crippen LogP contribution is -2.47. The third-order valence-electron chi connectivity index (χ3n) is 8.51. The van der Waals surface area contributed by atoms with Gasteiger partial charge in [0, 0.05) is 24.7 Å². The Morgan fingerprint density at radius 3 is 2.32 bits per heavy atom. The first-order chi connectivity index (χ1) is 22.6. The molecule has 1 aliphatic heterocycles. The van der Waals surface area contributed by atoms with Crippen molar-refractivity contribution < 1.29 is 19.1 Å². The fraction of sp³-hybridized carbons (Fsp3) is 0.359. The number of hydrogen-bond acceptors (Lipinski definition) is 5. The largest absolute Gasteiger partial charge is 0.444 e. The highest BCUT2D eigenvalue weighted by molar-refractivity contribution is 6.01. The molecule has 47 heavy (non-hydrogen) atoms. The minimum Gasteiger partial charge on any atom is -0.444 e. The molecule has 0 bridgehead atoms. The summed E-state index contributed by atoms with van der Waals surface area (Å²) in [5.41, 5.74) is 3.68. The Balaban J connectivity index is 1.33. The van der Waals surface area contributed by atoms with Gasteiger partial charge in [0.15, 0.2) is 0 Å². The summed E-state index contributed by atoms with van der Waals surface area (Å²) in [6, 6.07) is 30.1. The van der Waals surface area contributed by atoms with E-state index in [2.05, 4.69) is 70.2 Å². The van der Waals surface area contributed by atoms with Crippen molar-refractivity contribution in [2.75, 3.05) is 26.2 Å². The zero-order valence-electron chi connectivity index (χ0n) is 27.8. The highest BCUT2D eigenvalue weighted by Crippen LogP contribution is 2.32. The first-order valence-electron chi connectivity index (χ1n) is 16.5. The molecule has 246 valence electrons.